The van der Waals surface area contributed by atoms with Gasteiger partial charge in [0.1, 0.15) is 0 Å². The van der Waals surface area contributed by atoms with Crippen molar-refractivity contribution in [3.05, 3.63) is 42.0 Å². The summed E-state index contributed by atoms with van der Waals surface area (Å²) in [6, 6.07) is 10.4. The molecule has 1 aliphatic carbocycles. The van der Waals surface area contributed by atoms with Gasteiger partial charge in [-0.05, 0) is 31.2 Å². The van der Waals surface area contributed by atoms with E-state index in [1.165, 1.54) is 5.56 Å². The summed E-state index contributed by atoms with van der Waals surface area (Å²) in [6.45, 7) is 10.7. The Balaban J connectivity index is 0.000000354. The quantitative estimate of drug-likeness (QED) is 0.699. The minimum atomic E-state index is -0.00694. The number of esters is 1. The second-order valence-electron chi connectivity index (χ2n) is 5.04. The van der Waals surface area contributed by atoms with Crippen molar-refractivity contribution < 1.29 is 9.53 Å². The Bertz CT molecular complexity index is 389. The average Bonchev–Trinajstić information content (AvgIpc) is 3.34. The summed E-state index contributed by atoms with van der Waals surface area (Å²) in [5.74, 6) is 0.887. The molecule has 0 atom stereocenters. The molecule has 1 aromatic rings. The van der Waals surface area contributed by atoms with Gasteiger partial charge >= 0.3 is 5.97 Å². The van der Waals surface area contributed by atoms with Crippen molar-refractivity contribution in [1.82, 2.24) is 0 Å². The molecule has 0 unspecified atom stereocenters. The van der Waals surface area contributed by atoms with E-state index in [1.54, 1.807) is 0 Å². The minimum Gasteiger partial charge on any atom is -0.466 e. The number of benzene rings is 1. The van der Waals surface area contributed by atoms with Crippen LogP contribution in [0.2, 0.25) is 0 Å². The van der Waals surface area contributed by atoms with Crippen LogP contribution < -0.4 is 0 Å². The SMILES string of the molecule is CC.CC(C)/C=C\c1ccccc1.CCOC(=O)C1CC1. The van der Waals surface area contributed by atoms with Crippen molar-refractivity contribution in [2.75, 3.05) is 6.61 Å². The first kappa shape index (κ1) is 19.4. The molecule has 21 heavy (non-hydrogen) atoms. The molecule has 0 bridgehead atoms. The zero-order valence-electron chi connectivity index (χ0n) is 14.1. The first-order chi connectivity index (χ1) is 10.1. The molecule has 118 valence electrons. The molecule has 0 radical (unpaired) electrons. The molecule has 2 nitrogen and oxygen atoms in total. The van der Waals surface area contributed by atoms with Crippen molar-refractivity contribution in [3.8, 4) is 0 Å². The van der Waals surface area contributed by atoms with Gasteiger partial charge in [-0.1, -0.05) is 70.2 Å². The fourth-order valence-corrected chi connectivity index (χ4v) is 1.45. The molecule has 1 aliphatic rings. The summed E-state index contributed by atoms with van der Waals surface area (Å²) in [6.07, 6.45) is 6.44. The number of hydrogen-bond acceptors (Lipinski definition) is 2. The van der Waals surface area contributed by atoms with E-state index >= 15 is 0 Å². The fourth-order valence-electron chi connectivity index (χ4n) is 1.45. The summed E-state index contributed by atoms with van der Waals surface area (Å²) in [7, 11) is 0. The third-order valence-electron chi connectivity index (χ3n) is 2.67. The van der Waals surface area contributed by atoms with Crippen molar-refractivity contribution in [1.29, 1.82) is 0 Å². The first-order valence-corrected chi connectivity index (χ1v) is 8.03. The Hall–Kier alpha value is -1.57. The van der Waals surface area contributed by atoms with E-state index < -0.39 is 0 Å². The van der Waals surface area contributed by atoms with Crippen LogP contribution in [0.25, 0.3) is 6.08 Å². The van der Waals surface area contributed by atoms with Gasteiger partial charge in [0, 0.05) is 0 Å². The lowest BCUT2D eigenvalue weighted by Gasteiger charge is -1.95. The Morgan fingerprint density at radius 3 is 2.24 bits per heavy atom. The number of rotatable bonds is 4. The molecular weight excluding hydrogens is 260 g/mol. The summed E-state index contributed by atoms with van der Waals surface area (Å²) < 4.78 is 4.73. The van der Waals surface area contributed by atoms with Gasteiger partial charge in [0.2, 0.25) is 0 Å². The van der Waals surface area contributed by atoms with Crippen molar-refractivity contribution >= 4 is 12.0 Å². The minimum absolute atomic E-state index is 0.00694. The normalized spacial score (nSPS) is 13.0. The van der Waals surface area contributed by atoms with E-state index in [-0.39, 0.29) is 11.9 Å². The van der Waals surface area contributed by atoms with Gasteiger partial charge in [0.25, 0.3) is 0 Å². The predicted octanol–water partition coefficient (Wildman–Crippen LogP) is 5.34. The highest BCUT2D eigenvalue weighted by atomic mass is 16.5. The van der Waals surface area contributed by atoms with Gasteiger partial charge in [0.15, 0.2) is 0 Å². The van der Waals surface area contributed by atoms with Gasteiger partial charge in [-0.3, -0.25) is 4.79 Å². The molecule has 0 N–H and O–H groups in total. The Morgan fingerprint density at radius 2 is 1.81 bits per heavy atom. The monoisotopic (exact) mass is 290 g/mol. The van der Waals surface area contributed by atoms with E-state index in [0.717, 1.165) is 12.8 Å². The standard InChI is InChI=1S/C11H14.C6H10O2.C2H6/c1-10(2)8-9-11-6-4-3-5-7-11;1-2-8-6(7)5-3-4-5;1-2/h3-10H,1-2H3;5H,2-4H2,1H3;1-2H3/b9-8-;;. The van der Waals surface area contributed by atoms with Crippen LogP contribution in [0.3, 0.4) is 0 Å². The smallest absolute Gasteiger partial charge is 0.308 e. The van der Waals surface area contributed by atoms with Gasteiger partial charge in [-0.2, -0.15) is 0 Å². The van der Waals surface area contributed by atoms with Crippen molar-refractivity contribution in [2.24, 2.45) is 11.8 Å². The van der Waals surface area contributed by atoms with Gasteiger partial charge < -0.3 is 4.74 Å². The van der Waals surface area contributed by atoms with Crippen molar-refractivity contribution in [3.63, 3.8) is 0 Å². The summed E-state index contributed by atoms with van der Waals surface area (Å²) in [5.41, 5.74) is 1.28. The van der Waals surface area contributed by atoms with Crippen LogP contribution in [0.15, 0.2) is 36.4 Å². The molecule has 0 amide bonds. The third kappa shape index (κ3) is 10.8. The number of carbonyl (C=O) groups excluding carboxylic acids is 1. The molecule has 2 rings (SSSR count). The van der Waals surface area contributed by atoms with Gasteiger partial charge in [-0.15, -0.1) is 0 Å². The van der Waals surface area contributed by atoms with Gasteiger partial charge in [0.05, 0.1) is 12.5 Å². The lowest BCUT2D eigenvalue weighted by Crippen LogP contribution is -2.04. The van der Waals surface area contributed by atoms with Crippen LogP contribution in [0, 0.1) is 11.8 Å². The Labute approximate surface area is 130 Å². The lowest BCUT2D eigenvalue weighted by molar-refractivity contribution is -0.144. The van der Waals surface area contributed by atoms with E-state index in [2.05, 4.69) is 50.3 Å². The summed E-state index contributed by atoms with van der Waals surface area (Å²) in [5, 5.41) is 0. The first-order valence-electron chi connectivity index (χ1n) is 8.03. The maximum atomic E-state index is 10.6. The van der Waals surface area contributed by atoms with Gasteiger partial charge in [-0.25, -0.2) is 0 Å². The molecular formula is C19H30O2. The summed E-state index contributed by atoms with van der Waals surface area (Å²) >= 11 is 0. The van der Waals surface area contributed by atoms with E-state index in [9.17, 15) is 4.79 Å². The molecule has 0 heterocycles. The molecule has 0 aromatic heterocycles. The van der Waals surface area contributed by atoms with E-state index in [1.807, 2.05) is 26.8 Å². The molecule has 2 heteroatoms. The van der Waals surface area contributed by atoms with Crippen LogP contribution >= 0.6 is 0 Å². The number of hydrogen-bond donors (Lipinski definition) is 0. The highest BCUT2D eigenvalue weighted by Gasteiger charge is 2.30. The highest BCUT2D eigenvalue weighted by molar-refractivity contribution is 5.74. The maximum Gasteiger partial charge on any atom is 0.308 e. The molecule has 1 saturated carbocycles. The van der Waals surface area contributed by atoms with E-state index in [0.29, 0.717) is 12.5 Å². The zero-order valence-corrected chi connectivity index (χ0v) is 14.1. The average molecular weight is 290 g/mol. The fraction of sp³-hybridized carbons (Fsp3) is 0.526. The van der Waals surface area contributed by atoms with Crippen LogP contribution in [0.5, 0.6) is 0 Å². The Kier molecular flexibility index (Phi) is 11.3. The second-order valence-corrected chi connectivity index (χ2v) is 5.04. The lowest BCUT2D eigenvalue weighted by atomic mass is 10.1. The van der Waals surface area contributed by atoms with Crippen LogP contribution in [-0.4, -0.2) is 12.6 Å². The molecule has 1 fully saturated rings. The van der Waals surface area contributed by atoms with E-state index in [4.69, 9.17) is 4.74 Å². The third-order valence-corrected chi connectivity index (χ3v) is 2.67. The second kappa shape index (κ2) is 12.2. The zero-order chi connectivity index (χ0) is 16.1. The van der Waals surface area contributed by atoms with Crippen molar-refractivity contribution in [2.45, 2.75) is 47.5 Å². The Morgan fingerprint density at radius 1 is 1.24 bits per heavy atom. The maximum absolute atomic E-state index is 10.6. The number of ether oxygens (including phenoxy) is 1. The molecule has 0 saturated heterocycles. The van der Waals surface area contributed by atoms with Crippen LogP contribution in [0.4, 0.5) is 0 Å². The predicted molar refractivity (Wildman–Crippen MR) is 91.0 cm³/mol. The highest BCUT2D eigenvalue weighted by Crippen LogP contribution is 2.29. The molecule has 0 aliphatic heterocycles. The van der Waals surface area contributed by atoms with Crippen LogP contribution in [-0.2, 0) is 9.53 Å². The van der Waals surface area contributed by atoms with Crippen LogP contribution in [0.1, 0.15) is 53.0 Å². The molecule has 0 spiro atoms. The summed E-state index contributed by atoms with van der Waals surface area (Å²) in [4.78, 5) is 10.6. The topological polar surface area (TPSA) is 26.3 Å². The largest absolute Gasteiger partial charge is 0.466 e. The molecule has 1 aromatic carbocycles. The number of carbonyl (C=O) groups is 1. The number of allylic oxidation sites excluding steroid dienone is 1.